The molecule has 0 bridgehead atoms. The van der Waals surface area contributed by atoms with E-state index in [2.05, 4.69) is 52.0 Å². The highest BCUT2D eigenvalue weighted by atomic mass is 16.5. The summed E-state index contributed by atoms with van der Waals surface area (Å²) in [5, 5.41) is 0. The normalized spacial score (nSPS) is 18.5. The third kappa shape index (κ3) is 3.91. The Morgan fingerprint density at radius 1 is 1.04 bits per heavy atom. The lowest BCUT2D eigenvalue weighted by molar-refractivity contribution is 0.404. The molecule has 0 aliphatic heterocycles. The Morgan fingerprint density at radius 2 is 1.82 bits per heavy atom. The molecule has 4 heteroatoms. The molecule has 0 radical (unpaired) electrons. The number of hydrogen-bond acceptors (Lipinski definition) is 3. The summed E-state index contributed by atoms with van der Waals surface area (Å²) < 4.78 is 13.0. The van der Waals surface area contributed by atoms with Gasteiger partial charge in [-0.05, 0) is 78.5 Å². The highest BCUT2D eigenvalue weighted by Crippen LogP contribution is 2.46. The molecule has 1 aliphatic carbocycles. The number of aryl methyl sites for hydroxylation is 2. The third-order valence-corrected chi connectivity index (χ3v) is 5.99. The Balaban J connectivity index is 1.59. The number of imidazole rings is 1. The van der Waals surface area contributed by atoms with Crippen LogP contribution < -0.4 is 9.47 Å². The number of methoxy groups -OCH3 is 2. The van der Waals surface area contributed by atoms with Crippen LogP contribution in [-0.4, -0.2) is 23.8 Å². The number of aromatic nitrogens is 2. The molecule has 1 heterocycles. The van der Waals surface area contributed by atoms with Crippen LogP contribution in [0.2, 0.25) is 0 Å². The third-order valence-electron chi connectivity index (χ3n) is 5.99. The highest BCUT2D eigenvalue weighted by molar-refractivity contribution is 5.43. The molecule has 0 saturated carbocycles. The second-order valence-electron chi connectivity index (χ2n) is 7.53. The fourth-order valence-electron chi connectivity index (χ4n) is 4.54. The Kier molecular flexibility index (Phi) is 5.65. The van der Waals surface area contributed by atoms with Gasteiger partial charge < -0.3 is 14.0 Å². The Morgan fingerprint density at radius 3 is 2.54 bits per heavy atom. The van der Waals surface area contributed by atoms with Gasteiger partial charge in [0.05, 0.1) is 20.5 Å². The molecule has 1 aliphatic rings. The largest absolute Gasteiger partial charge is 0.497 e. The number of benzene rings is 2. The van der Waals surface area contributed by atoms with Crippen LogP contribution in [0, 0.1) is 0 Å². The van der Waals surface area contributed by atoms with Crippen LogP contribution in [0.4, 0.5) is 0 Å². The van der Waals surface area contributed by atoms with Gasteiger partial charge in [-0.25, -0.2) is 4.98 Å². The van der Waals surface area contributed by atoms with Crippen LogP contribution >= 0.6 is 0 Å². The number of ether oxygens (including phenoxy) is 2. The van der Waals surface area contributed by atoms with Crippen molar-refractivity contribution in [3.8, 4) is 11.5 Å². The lowest BCUT2D eigenvalue weighted by Crippen LogP contribution is -2.20. The smallest absolute Gasteiger partial charge is 0.119 e. The van der Waals surface area contributed by atoms with E-state index in [1.807, 2.05) is 18.7 Å². The molecule has 28 heavy (non-hydrogen) atoms. The van der Waals surface area contributed by atoms with E-state index >= 15 is 0 Å². The average molecular weight is 377 g/mol. The number of fused-ring (bicyclic) bond motifs is 1. The topological polar surface area (TPSA) is 36.3 Å². The molecule has 4 rings (SSSR count). The zero-order valence-electron chi connectivity index (χ0n) is 16.7. The second kappa shape index (κ2) is 8.51. The molecule has 146 valence electrons. The van der Waals surface area contributed by atoms with E-state index in [-0.39, 0.29) is 0 Å². The van der Waals surface area contributed by atoms with Gasteiger partial charge in [0, 0.05) is 18.9 Å². The van der Waals surface area contributed by atoms with Gasteiger partial charge in [-0.1, -0.05) is 18.2 Å². The van der Waals surface area contributed by atoms with Crippen molar-refractivity contribution < 1.29 is 9.47 Å². The lowest BCUT2D eigenvalue weighted by atomic mass is 9.70. The van der Waals surface area contributed by atoms with E-state index in [1.165, 1.54) is 23.1 Å². The van der Waals surface area contributed by atoms with Crippen molar-refractivity contribution in [2.75, 3.05) is 14.2 Å². The first-order valence-corrected chi connectivity index (χ1v) is 10.0. The maximum atomic E-state index is 5.46. The molecule has 0 fully saturated rings. The second-order valence-corrected chi connectivity index (χ2v) is 7.53. The van der Waals surface area contributed by atoms with Crippen molar-refractivity contribution in [1.82, 2.24) is 9.55 Å². The molecular formula is C24H28N2O2. The number of hydrogen-bond donors (Lipinski definition) is 0. The monoisotopic (exact) mass is 376 g/mol. The lowest BCUT2D eigenvalue weighted by Gasteiger charge is -2.34. The van der Waals surface area contributed by atoms with E-state index in [9.17, 15) is 0 Å². The number of rotatable bonds is 7. The van der Waals surface area contributed by atoms with Gasteiger partial charge in [-0.3, -0.25) is 0 Å². The quantitative estimate of drug-likeness (QED) is 0.569. The zero-order valence-corrected chi connectivity index (χ0v) is 16.7. The molecule has 4 nitrogen and oxygen atoms in total. The number of nitrogens with zero attached hydrogens (tertiary/aromatic N) is 2. The van der Waals surface area contributed by atoms with E-state index in [1.54, 1.807) is 14.2 Å². The average Bonchev–Trinajstić information content (AvgIpc) is 3.27. The molecule has 1 aromatic heterocycles. The maximum Gasteiger partial charge on any atom is 0.119 e. The van der Waals surface area contributed by atoms with Crippen LogP contribution in [0.15, 0.2) is 61.2 Å². The predicted octanol–water partition coefficient (Wildman–Crippen LogP) is 5.19. The molecular weight excluding hydrogens is 348 g/mol. The standard InChI is InChI=1S/C24H28N2O2/c1-27-20-8-5-18(6-9-20)22-11-7-19-16-21(28-2)10-12-23(19)24(22)4-3-14-26-15-13-25-17-26/h5-6,8-10,12-13,15-17,22,24H,3-4,7,11,14H2,1-2H3/t22-,24+/m0/s1. The van der Waals surface area contributed by atoms with Crippen LogP contribution in [0.1, 0.15) is 47.8 Å². The van der Waals surface area contributed by atoms with Crippen molar-refractivity contribution in [3.05, 3.63) is 77.9 Å². The van der Waals surface area contributed by atoms with E-state index in [0.29, 0.717) is 11.8 Å². The van der Waals surface area contributed by atoms with Crippen LogP contribution in [-0.2, 0) is 13.0 Å². The molecule has 0 spiro atoms. The van der Waals surface area contributed by atoms with E-state index in [4.69, 9.17) is 9.47 Å². The Labute approximate surface area is 167 Å². The summed E-state index contributed by atoms with van der Waals surface area (Å²) >= 11 is 0. The first-order valence-electron chi connectivity index (χ1n) is 10.0. The molecule has 0 N–H and O–H groups in total. The van der Waals surface area contributed by atoms with Crippen molar-refractivity contribution in [2.24, 2.45) is 0 Å². The molecule has 2 atom stereocenters. The first kappa shape index (κ1) is 18.6. The molecule has 0 unspecified atom stereocenters. The maximum absolute atomic E-state index is 5.46. The van der Waals surface area contributed by atoms with Crippen molar-refractivity contribution in [1.29, 1.82) is 0 Å². The van der Waals surface area contributed by atoms with Gasteiger partial charge in [0.2, 0.25) is 0 Å². The summed E-state index contributed by atoms with van der Waals surface area (Å²) in [6, 6.07) is 15.3. The summed E-state index contributed by atoms with van der Waals surface area (Å²) in [7, 11) is 3.46. The summed E-state index contributed by atoms with van der Waals surface area (Å²) in [6.45, 7) is 1.01. The fraction of sp³-hybridized carbons (Fsp3) is 0.375. The van der Waals surface area contributed by atoms with E-state index in [0.717, 1.165) is 37.3 Å². The van der Waals surface area contributed by atoms with Crippen molar-refractivity contribution in [2.45, 2.75) is 44.1 Å². The van der Waals surface area contributed by atoms with Crippen molar-refractivity contribution in [3.63, 3.8) is 0 Å². The minimum Gasteiger partial charge on any atom is -0.497 e. The predicted molar refractivity (Wildman–Crippen MR) is 111 cm³/mol. The van der Waals surface area contributed by atoms with Gasteiger partial charge >= 0.3 is 0 Å². The van der Waals surface area contributed by atoms with Crippen LogP contribution in [0.3, 0.4) is 0 Å². The van der Waals surface area contributed by atoms with Crippen molar-refractivity contribution >= 4 is 0 Å². The highest BCUT2D eigenvalue weighted by Gasteiger charge is 2.30. The van der Waals surface area contributed by atoms with Gasteiger partial charge in [0.25, 0.3) is 0 Å². The summed E-state index contributed by atoms with van der Waals surface area (Å²) in [5.74, 6) is 2.93. The Bertz CT molecular complexity index is 887. The van der Waals surface area contributed by atoms with Gasteiger partial charge in [0.1, 0.15) is 11.5 Å². The molecule has 0 saturated heterocycles. The minimum atomic E-state index is 0.520. The Hall–Kier alpha value is -2.75. The minimum absolute atomic E-state index is 0.520. The van der Waals surface area contributed by atoms with Gasteiger partial charge in [-0.15, -0.1) is 0 Å². The fourth-order valence-corrected chi connectivity index (χ4v) is 4.54. The summed E-state index contributed by atoms with van der Waals surface area (Å²) in [4.78, 5) is 4.16. The van der Waals surface area contributed by atoms with Gasteiger partial charge in [0.15, 0.2) is 0 Å². The molecule has 3 aromatic rings. The van der Waals surface area contributed by atoms with Gasteiger partial charge in [-0.2, -0.15) is 0 Å². The zero-order chi connectivity index (χ0) is 19.3. The molecule has 2 aromatic carbocycles. The first-order chi connectivity index (χ1) is 13.8. The van der Waals surface area contributed by atoms with E-state index < -0.39 is 0 Å². The molecule has 0 amide bonds. The summed E-state index contributed by atoms with van der Waals surface area (Å²) in [6.07, 6.45) is 10.4. The SMILES string of the molecule is COc1ccc([C@@H]2CCc3cc(OC)ccc3[C@@H]2CCCn2ccnc2)cc1. The van der Waals surface area contributed by atoms with Crippen LogP contribution in [0.5, 0.6) is 11.5 Å². The van der Waals surface area contributed by atoms with Crippen LogP contribution in [0.25, 0.3) is 0 Å². The summed E-state index contributed by atoms with van der Waals surface area (Å²) in [5.41, 5.74) is 4.34.